The summed E-state index contributed by atoms with van der Waals surface area (Å²) in [7, 11) is 0. The molecule has 3 aliphatic rings. The van der Waals surface area contributed by atoms with E-state index in [-0.39, 0.29) is 11.5 Å². The predicted octanol–water partition coefficient (Wildman–Crippen LogP) is 2.80. The minimum absolute atomic E-state index is 0.0482. The molecule has 0 radical (unpaired) electrons. The number of piperidine rings is 1. The number of nitrogens with zero attached hydrogens (tertiary/aromatic N) is 3. The number of oxime groups is 1. The lowest BCUT2D eigenvalue weighted by molar-refractivity contribution is -0.00605. The summed E-state index contributed by atoms with van der Waals surface area (Å²) in [6.45, 7) is 10.1. The Morgan fingerprint density at radius 2 is 2.17 bits per heavy atom. The summed E-state index contributed by atoms with van der Waals surface area (Å²) >= 11 is 0. The molecule has 0 spiro atoms. The molecule has 3 heterocycles. The zero-order valence-electron chi connectivity index (χ0n) is 14.9. The molecule has 1 saturated carbocycles. The van der Waals surface area contributed by atoms with Crippen molar-refractivity contribution in [2.45, 2.75) is 52.1 Å². The topological polar surface area (TPSA) is 70.6 Å². The highest BCUT2D eigenvalue weighted by Crippen LogP contribution is 2.54. The molecule has 4 rings (SSSR count). The number of hydrogen-bond acceptors (Lipinski definition) is 4. The fourth-order valence-electron chi connectivity index (χ4n) is 4.08. The summed E-state index contributed by atoms with van der Waals surface area (Å²) in [5, 5.41) is 11.5. The monoisotopic (exact) mass is 330 g/mol. The second kappa shape index (κ2) is 5.33. The van der Waals surface area contributed by atoms with Crippen molar-refractivity contribution in [3.8, 4) is 0 Å². The van der Waals surface area contributed by atoms with Crippen molar-refractivity contribution in [1.29, 1.82) is 0 Å². The molecule has 24 heavy (non-hydrogen) atoms. The van der Waals surface area contributed by atoms with Crippen molar-refractivity contribution in [3.63, 3.8) is 0 Å². The molecule has 1 saturated heterocycles. The highest BCUT2D eigenvalue weighted by Gasteiger charge is 2.60. The van der Waals surface area contributed by atoms with Crippen molar-refractivity contribution in [3.05, 3.63) is 17.5 Å². The number of likely N-dealkylation sites (tertiary alicyclic amines) is 1. The van der Waals surface area contributed by atoms with Gasteiger partial charge in [0.15, 0.2) is 0 Å². The van der Waals surface area contributed by atoms with Gasteiger partial charge < -0.3 is 9.74 Å². The number of aromatic nitrogens is 2. The normalized spacial score (nSPS) is 34.3. The summed E-state index contributed by atoms with van der Waals surface area (Å²) in [6, 6.07) is 1.88. The van der Waals surface area contributed by atoms with Crippen LogP contribution >= 0.6 is 0 Å². The maximum absolute atomic E-state index is 12.6. The number of rotatable bonds is 4. The molecule has 1 aliphatic carbocycles. The SMILES string of the molecule is CCC1(C)CC(C2C3CN(C(=O)c4cc(C(C)C)[nH]n4)CC32)=NO1. The number of carbonyl (C=O) groups excluding carboxylic acids is 1. The van der Waals surface area contributed by atoms with Crippen molar-refractivity contribution in [2.75, 3.05) is 13.1 Å². The zero-order chi connectivity index (χ0) is 17.1. The molecule has 1 aromatic heterocycles. The Labute approximate surface area is 142 Å². The molecule has 3 atom stereocenters. The lowest BCUT2D eigenvalue weighted by Crippen LogP contribution is -2.33. The Hall–Kier alpha value is -1.85. The molecule has 0 aromatic carbocycles. The lowest BCUT2D eigenvalue weighted by Gasteiger charge is -2.20. The van der Waals surface area contributed by atoms with Gasteiger partial charge in [-0.2, -0.15) is 5.10 Å². The van der Waals surface area contributed by atoms with Gasteiger partial charge in [-0.15, -0.1) is 0 Å². The summed E-state index contributed by atoms with van der Waals surface area (Å²) in [5.74, 6) is 2.03. The number of amides is 1. The molecule has 2 aliphatic heterocycles. The molecule has 1 amide bonds. The van der Waals surface area contributed by atoms with Gasteiger partial charge in [-0.1, -0.05) is 25.9 Å². The molecule has 1 N–H and O–H groups in total. The van der Waals surface area contributed by atoms with Crippen LogP contribution in [-0.2, 0) is 4.84 Å². The van der Waals surface area contributed by atoms with Crippen molar-refractivity contribution < 1.29 is 9.63 Å². The minimum Gasteiger partial charge on any atom is -0.389 e. The number of aromatic amines is 1. The number of carbonyl (C=O) groups is 1. The average Bonchev–Trinajstić information content (AvgIpc) is 3.05. The first-order valence-corrected chi connectivity index (χ1v) is 9.01. The predicted molar refractivity (Wildman–Crippen MR) is 90.9 cm³/mol. The second-order valence-electron chi connectivity index (χ2n) is 8.08. The van der Waals surface area contributed by atoms with Crippen LogP contribution in [0.1, 0.15) is 62.6 Å². The maximum atomic E-state index is 12.6. The molecular formula is C18H26N4O2. The van der Waals surface area contributed by atoms with E-state index in [0.29, 0.717) is 29.4 Å². The van der Waals surface area contributed by atoms with E-state index in [1.807, 2.05) is 11.0 Å². The Morgan fingerprint density at radius 3 is 2.71 bits per heavy atom. The quantitative estimate of drug-likeness (QED) is 0.923. The number of fused-ring (bicyclic) bond motifs is 1. The van der Waals surface area contributed by atoms with Crippen molar-refractivity contribution in [1.82, 2.24) is 15.1 Å². The molecule has 2 fully saturated rings. The van der Waals surface area contributed by atoms with Crippen LogP contribution in [0.15, 0.2) is 11.2 Å². The van der Waals surface area contributed by atoms with Crippen LogP contribution in [0.5, 0.6) is 0 Å². The summed E-state index contributed by atoms with van der Waals surface area (Å²) in [4.78, 5) is 20.2. The zero-order valence-corrected chi connectivity index (χ0v) is 14.9. The fourth-order valence-corrected chi connectivity index (χ4v) is 4.08. The molecule has 6 heteroatoms. The van der Waals surface area contributed by atoms with Crippen LogP contribution in [0.2, 0.25) is 0 Å². The Morgan fingerprint density at radius 1 is 1.46 bits per heavy atom. The van der Waals surface area contributed by atoms with Crippen LogP contribution in [-0.4, -0.2) is 45.4 Å². The number of hydrogen-bond donors (Lipinski definition) is 1. The smallest absolute Gasteiger partial charge is 0.274 e. The molecule has 1 aromatic rings. The van der Waals surface area contributed by atoms with Crippen LogP contribution in [0.25, 0.3) is 0 Å². The Bertz CT molecular complexity index is 683. The van der Waals surface area contributed by atoms with Crippen molar-refractivity contribution in [2.24, 2.45) is 22.9 Å². The third-order valence-corrected chi connectivity index (χ3v) is 5.99. The third kappa shape index (κ3) is 2.43. The number of H-pyrrole nitrogens is 1. The first-order chi connectivity index (χ1) is 11.4. The standard InChI is InChI=1S/C18H26N4O2/c1-5-18(4)7-15(21-24-18)16-11-8-22(9-12(11)16)17(23)14-6-13(10(2)3)19-20-14/h6,10-12,16H,5,7-9H2,1-4H3,(H,19,20). The van der Waals surface area contributed by atoms with E-state index in [0.717, 1.165) is 31.6 Å². The van der Waals surface area contributed by atoms with Gasteiger partial charge in [0.05, 0.1) is 5.71 Å². The van der Waals surface area contributed by atoms with Gasteiger partial charge in [0, 0.05) is 31.1 Å². The first kappa shape index (κ1) is 15.7. The van der Waals surface area contributed by atoms with E-state index in [1.165, 1.54) is 5.71 Å². The van der Waals surface area contributed by atoms with Gasteiger partial charge in [-0.05, 0) is 37.2 Å². The van der Waals surface area contributed by atoms with Crippen LogP contribution < -0.4 is 0 Å². The Balaban J connectivity index is 1.36. The van der Waals surface area contributed by atoms with Gasteiger partial charge in [0.25, 0.3) is 5.91 Å². The highest BCUT2D eigenvalue weighted by molar-refractivity contribution is 5.94. The summed E-state index contributed by atoms with van der Waals surface area (Å²) < 4.78 is 0. The summed E-state index contributed by atoms with van der Waals surface area (Å²) in [6.07, 6.45) is 1.91. The van der Waals surface area contributed by atoms with E-state index < -0.39 is 0 Å². The molecule has 6 nitrogen and oxygen atoms in total. The van der Waals surface area contributed by atoms with Gasteiger partial charge in [0.2, 0.25) is 0 Å². The first-order valence-electron chi connectivity index (χ1n) is 9.01. The average molecular weight is 330 g/mol. The molecule has 130 valence electrons. The number of nitrogens with one attached hydrogen (secondary N) is 1. The molecule has 0 bridgehead atoms. The third-order valence-electron chi connectivity index (χ3n) is 5.99. The van der Waals surface area contributed by atoms with E-state index in [4.69, 9.17) is 4.84 Å². The maximum Gasteiger partial charge on any atom is 0.274 e. The molecular weight excluding hydrogens is 304 g/mol. The highest BCUT2D eigenvalue weighted by atomic mass is 16.7. The van der Waals surface area contributed by atoms with E-state index in [1.54, 1.807) is 0 Å². The van der Waals surface area contributed by atoms with Gasteiger partial charge in [0.1, 0.15) is 11.3 Å². The van der Waals surface area contributed by atoms with E-state index in [2.05, 4.69) is 43.0 Å². The minimum atomic E-state index is -0.121. The van der Waals surface area contributed by atoms with Crippen molar-refractivity contribution >= 4 is 11.6 Å². The second-order valence-corrected chi connectivity index (χ2v) is 8.08. The molecule has 3 unspecified atom stereocenters. The van der Waals surface area contributed by atoms with Gasteiger partial charge in [-0.3, -0.25) is 9.89 Å². The summed E-state index contributed by atoms with van der Waals surface area (Å²) in [5.41, 5.74) is 2.64. The van der Waals surface area contributed by atoms with E-state index >= 15 is 0 Å². The van der Waals surface area contributed by atoms with E-state index in [9.17, 15) is 4.79 Å². The Kier molecular flexibility index (Phi) is 3.48. The van der Waals surface area contributed by atoms with Gasteiger partial charge >= 0.3 is 0 Å². The largest absolute Gasteiger partial charge is 0.389 e. The van der Waals surface area contributed by atoms with Crippen LogP contribution in [0, 0.1) is 17.8 Å². The lowest BCUT2D eigenvalue weighted by atomic mass is 9.94. The van der Waals surface area contributed by atoms with Crippen LogP contribution in [0.3, 0.4) is 0 Å². The van der Waals surface area contributed by atoms with Gasteiger partial charge in [-0.25, -0.2) is 0 Å². The van der Waals surface area contributed by atoms with Crippen LogP contribution in [0.4, 0.5) is 0 Å². The fraction of sp³-hybridized carbons (Fsp3) is 0.722.